The lowest BCUT2D eigenvalue weighted by Gasteiger charge is -2.23. The summed E-state index contributed by atoms with van der Waals surface area (Å²) in [5, 5.41) is 6.11. The predicted molar refractivity (Wildman–Crippen MR) is 74.0 cm³/mol. The van der Waals surface area contributed by atoms with E-state index in [-0.39, 0.29) is 12.1 Å². The minimum atomic E-state index is -0.471. The van der Waals surface area contributed by atoms with Crippen LogP contribution in [0.1, 0.15) is 46.2 Å². The second-order valence-electron chi connectivity index (χ2n) is 5.73. The lowest BCUT2D eigenvalue weighted by Crippen LogP contribution is -2.43. The molecule has 1 aromatic heterocycles. The molecule has 2 atom stereocenters. The van der Waals surface area contributed by atoms with Gasteiger partial charge < -0.3 is 19.8 Å². The first-order valence-electron chi connectivity index (χ1n) is 6.53. The molecule has 0 radical (unpaired) electrons. The van der Waals surface area contributed by atoms with Crippen LogP contribution in [0.3, 0.4) is 0 Å². The lowest BCUT2D eigenvalue weighted by molar-refractivity contribution is 0.0507. The first-order valence-corrected chi connectivity index (χ1v) is 6.53. The van der Waals surface area contributed by atoms with Crippen molar-refractivity contribution in [3.63, 3.8) is 0 Å². The van der Waals surface area contributed by atoms with Crippen molar-refractivity contribution in [2.24, 2.45) is 0 Å². The van der Waals surface area contributed by atoms with E-state index in [9.17, 15) is 4.79 Å². The molecule has 0 spiro atoms. The van der Waals surface area contributed by atoms with Gasteiger partial charge in [0.2, 0.25) is 0 Å². The monoisotopic (exact) mass is 268 g/mol. The van der Waals surface area contributed by atoms with Crippen LogP contribution in [-0.4, -0.2) is 24.3 Å². The standard InChI is InChI=1S/C14H24N2O3/c1-10(16-13(17)19-14(3,4)5)8-15-11(2)12-6-7-18-9-12/h6-7,9-11,15H,8H2,1-5H3,(H,16,17). The quantitative estimate of drug-likeness (QED) is 0.862. The zero-order chi connectivity index (χ0) is 14.5. The summed E-state index contributed by atoms with van der Waals surface area (Å²) in [5.74, 6) is 0. The third-order valence-electron chi connectivity index (χ3n) is 2.54. The molecule has 19 heavy (non-hydrogen) atoms. The van der Waals surface area contributed by atoms with E-state index < -0.39 is 11.7 Å². The Hall–Kier alpha value is -1.49. The molecular formula is C14H24N2O3. The molecule has 5 nitrogen and oxygen atoms in total. The molecule has 1 aromatic rings. The summed E-state index contributed by atoms with van der Waals surface area (Å²) in [6.45, 7) is 10.2. The highest BCUT2D eigenvalue weighted by Crippen LogP contribution is 2.12. The molecule has 0 aliphatic carbocycles. The molecule has 108 valence electrons. The van der Waals surface area contributed by atoms with Gasteiger partial charge in [-0.3, -0.25) is 0 Å². The van der Waals surface area contributed by atoms with E-state index in [1.165, 1.54) is 0 Å². The van der Waals surface area contributed by atoms with Crippen molar-refractivity contribution in [1.82, 2.24) is 10.6 Å². The highest BCUT2D eigenvalue weighted by molar-refractivity contribution is 5.68. The fourth-order valence-corrected chi connectivity index (χ4v) is 1.55. The van der Waals surface area contributed by atoms with Crippen LogP contribution in [0.5, 0.6) is 0 Å². The highest BCUT2D eigenvalue weighted by atomic mass is 16.6. The summed E-state index contributed by atoms with van der Waals surface area (Å²) in [6.07, 6.45) is 2.97. The van der Waals surface area contributed by atoms with Gasteiger partial charge in [-0.25, -0.2) is 4.79 Å². The fraction of sp³-hybridized carbons (Fsp3) is 0.643. The smallest absolute Gasteiger partial charge is 0.407 e. The minimum absolute atomic E-state index is 0.01000. The van der Waals surface area contributed by atoms with Gasteiger partial charge in [0, 0.05) is 24.2 Å². The molecule has 0 aromatic carbocycles. The zero-order valence-corrected chi connectivity index (χ0v) is 12.3. The largest absolute Gasteiger partial charge is 0.472 e. The summed E-state index contributed by atoms with van der Waals surface area (Å²) in [4.78, 5) is 11.6. The van der Waals surface area contributed by atoms with Crippen molar-refractivity contribution in [2.75, 3.05) is 6.54 Å². The Morgan fingerprint density at radius 1 is 1.42 bits per heavy atom. The number of alkyl carbamates (subject to hydrolysis) is 1. The third-order valence-corrected chi connectivity index (χ3v) is 2.54. The minimum Gasteiger partial charge on any atom is -0.472 e. The van der Waals surface area contributed by atoms with Crippen LogP contribution in [0.4, 0.5) is 4.79 Å². The maximum atomic E-state index is 11.6. The molecule has 2 N–H and O–H groups in total. The topological polar surface area (TPSA) is 63.5 Å². The van der Waals surface area contributed by atoms with Crippen molar-refractivity contribution in [3.8, 4) is 0 Å². The van der Waals surface area contributed by atoms with Crippen LogP contribution >= 0.6 is 0 Å². The van der Waals surface area contributed by atoms with Crippen molar-refractivity contribution < 1.29 is 13.9 Å². The molecule has 1 heterocycles. The Balaban J connectivity index is 2.28. The molecule has 0 saturated heterocycles. The summed E-state index contributed by atoms with van der Waals surface area (Å²) >= 11 is 0. The van der Waals surface area contributed by atoms with Crippen LogP contribution < -0.4 is 10.6 Å². The average molecular weight is 268 g/mol. The van der Waals surface area contributed by atoms with Gasteiger partial charge in [-0.15, -0.1) is 0 Å². The normalized spacial score (nSPS) is 14.8. The Morgan fingerprint density at radius 2 is 2.11 bits per heavy atom. The van der Waals surface area contributed by atoms with E-state index in [0.717, 1.165) is 5.56 Å². The Morgan fingerprint density at radius 3 is 2.63 bits per heavy atom. The first kappa shape index (κ1) is 15.6. The van der Waals surface area contributed by atoms with Crippen LogP contribution in [-0.2, 0) is 4.74 Å². The number of amides is 1. The Labute approximate surface area is 114 Å². The number of ether oxygens (including phenoxy) is 1. The van der Waals surface area contributed by atoms with E-state index in [1.807, 2.05) is 40.7 Å². The molecule has 0 bridgehead atoms. The van der Waals surface area contributed by atoms with Gasteiger partial charge >= 0.3 is 6.09 Å². The van der Waals surface area contributed by atoms with Crippen LogP contribution in [0, 0.1) is 0 Å². The average Bonchev–Trinajstić information content (AvgIpc) is 2.76. The zero-order valence-electron chi connectivity index (χ0n) is 12.3. The second kappa shape index (κ2) is 6.61. The SMILES string of the molecule is CC(CNC(C)c1ccoc1)NC(=O)OC(C)(C)C. The van der Waals surface area contributed by atoms with E-state index in [4.69, 9.17) is 9.15 Å². The van der Waals surface area contributed by atoms with Crippen molar-refractivity contribution >= 4 is 6.09 Å². The number of carbonyl (C=O) groups excluding carboxylic acids is 1. The summed E-state index contributed by atoms with van der Waals surface area (Å²) < 4.78 is 10.2. The van der Waals surface area contributed by atoms with Gasteiger partial charge in [-0.05, 0) is 40.7 Å². The van der Waals surface area contributed by atoms with Crippen molar-refractivity contribution in [1.29, 1.82) is 0 Å². The van der Waals surface area contributed by atoms with Crippen LogP contribution in [0.25, 0.3) is 0 Å². The highest BCUT2D eigenvalue weighted by Gasteiger charge is 2.17. The van der Waals surface area contributed by atoms with E-state index in [1.54, 1.807) is 12.5 Å². The number of rotatable bonds is 5. The molecule has 1 amide bonds. The second-order valence-corrected chi connectivity index (χ2v) is 5.73. The third kappa shape index (κ3) is 6.29. The molecule has 0 aliphatic heterocycles. The van der Waals surface area contributed by atoms with Crippen molar-refractivity contribution in [2.45, 2.75) is 52.3 Å². The summed E-state index contributed by atoms with van der Waals surface area (Å²) in [6, 6.07) is 2.09. The van der Waals surface area contributed by atoms with Crippen molar-refractivity contribution in [3.05, 3.63) is 24.2 Å². The molecule has 2 unspecified atom stereocenters. The van der Waals surface area contributed by atoms with Crippen LogP contribution in [0.15, 0.2) is 23.0 Å². The molecule has 0 saturated carbocycles. The first-order chi connectivity index (χ1) is 8.78. The van der Waals surface area contributed by atoms with Gasteiger partial charge in [0.15, 0.2) is 0 Å². The van der Waals surface area contributed by atoms with Gasteiger partial charge in [-0.1, -0.05) is 0 Å². The molecule has 0 fully saturated rings. The number of furan rings is 1. The molecule has 5 heteroatoms. The number of hydrogen-bond donors (Lipinski definition) is 2. The number of nitrogens with one attached hydrogen (secondary N) is 2. The molecular weight excluding hydrogens is 244 g/mol. The Bertz CT molecular complexity index is 382. The lowest BCUT2D eigenvalue weighted by atomic mass is 10.2. The fourth-order valence-electron chi connectivity index (χ4n) is 1.55. The van der Waals surface area contributed by atoms with Gasteiger partial charge in [0.25, 0.3) is 0 Å². The Kier molecular flexibility index (Phi) is 5.42. The van der Waals surface area contributed by atoms with E-state index in [2.05, 4.69) is 10.6 Å². The van der Waals surface area contributed by atoms with Crippen LogP contribution in [0.2, 0.25) is 0 Å². The van der Waals surface area contributed by atoms with Gasteiger partial charge in [0.1, 0.15) is 5.60 Å². The molecule has 1 rings (SSSR count). The number of carbonyl (C=O) groups is 1. The van der Waals surface area contributed by atoms with E-state index >= 15 is 0 Å². The number of hydrogen-bond acceptors (Lipinski definition) is 4. The summed E-state index contributed by atoms with van der Waals surface area (Å²) in [5.41, 5.74) is 0.617. The maximum Gasteiger partial charge on any atom is 0.407 e. The van der Waals surface area contributed by atoms with Gasteiger partial charge in [-0.2, -0.15) is 0 Å². The summed E-state index contributed by atoms with van der Waals surface area (Å²) in [7, 11) is 0. The van der Waals surface area contributed by atoms with Gasteiger partial charge in [0.05, 0.1) is 12.5 Å². The van der Waals surface area contributed by atoms with E-state index in [0.29, 0.717) is 6.54 Å². The molecule has 0 aliphatic rings. The predicted octanol–water partition coefficient (Wildman–Crippen LogP) is 2.84. The maximum absolute atomic E-state index is 11.6.